The van der Waals surface area contributed by atoms with E-state index in [1.807, 2.05) is 49.4 Å². The molecular formula is C23H24IN3O2S2. The summed E-state index contributed by atoms with van der Waals surface area (Å²) >= 11 is 7.66. The monoisotopic (exact) mass is 565 g/mol. The number of hydrogen-bond acceptors (Lipinski definition) is 3. The third kappa shape index (κ3) is 6.18. The number of para-hydroxylation sites is 1. The summed E-state index contributed by atoms with van der Waals surface area (Å²) < 4.78 is 29.9. The number of anilines is 3. The zero-order valence-corrected chi connectivity index (χ0v) is 21.2. The van der Waals surface area contributed by atoms with Gasteiger partial charge in [-0.3, -0.25) is 4.72 Å². The van der Waals surface area contributed by atoms with E-state index >= 15 is 0 Å². The molecule has 0 saturated heterocycles. The fourth-order valence-corrected chi connectivity index (χ4v) is 4.96. The predicted octanol–water partition coefficient (Wildman–Crippen LogP) is 6.33. The molecule has 3 aromatic carbocycles. The van der Waals surface area contributed by atoms with Crippen LogP contribution >= 0.6 is 34.8 Å². The standard InChI is InChI=1S/C23H24IN3O2S2/c1-15(2)19-6-4-5-7-20(19)25-23(30)26-21-13-8-16(3)14-22(21)31(28,29)27-18-11-9-17(24)10-12-18/h4-15,27H,1-3H3,(H2,25,26,30). The van der Waals surface area contributed by atoms with Gasteiger partial charge in [-0.25, -0.2) is 8.42 Å². The van der Waals surface area contributed by atoms with Crippen molar-refractivity contribution in [3.05, 3.63) is 81.4 Å². The Balaban J connectivity index is 1.86. The summed E-state index contributed by atoms with van der Waals surface area (Å²) in [7, 11) is -3.82. The molecule has 0 amide bonds. The molecule has 8 heteroatoms. The number of nitrogens with one attached hydrogen (secondary N) is 3. The molecule has 3 rings (SSSR count). The van der Waals surface area contributed by atoms with E-state index in [9.17, 15) is 8.42 Å². The van der Waals surface area contributed by atoms with Crippen molar-refractivity contribution in [1.82, 2.24) is 0 Å². The highest BCUT2D eigenvalue weighted by molar-refractivity contribution is 14.1. The van der Waals surface area contributed by atoms with Gasteiger partial charge >= 0.3 is 0 Å². The Morgan fingerprint density at radius 2 is 1.58 bits per heavy atom. The Hall–Kier alpha value is -2.17. The maximum Gasteiger partial charge on any atom is 0.263 e. The van der Waals surface area contributed by atoms with Crippen molar-refractivity contribution in [2.45, 2.75) is 31.6 Å². The van der Waals surface area contributed by atoms with Crippen molar-refractivity contribution < 1.29 is 8.42 Å². The van der Waals surface area contributed by atoms with E-state index in [-0.39, 0.29) is 4.90 Å². The van der Waals surface area contributed by atoms with Crippen molar-refractivity contribution >= 4 is 67.0 Å². The molecule has 0 radical (unpaired) electrons. The first-order chi connectivity index (χ1) is 14.7. The molecular weight excluding hydrogens is 541 g/mol. The van der Waals surface area contributed by atoms with Gasteiger partial charge < -0.3 is 10.6 Å². The van der Waals surface area contributed by atoms with Crippen molar-refractivity contribution in [2.24, 2.45) is 0 Å². The van der Waals surface area contributed by atoms with Gasteiger partial charge in [0.1, 0.15) is 4.90 Å². The summed E-state index contributed by atoms with van der Waals surface area (Å²) in [4.78, 5) is 0.132. The van der Waals surface area contributed by atoms with Gasteiger partial charge in [0.05, 0.1) is 5.69 Å². The number of hydrogen-bond donors (Lipinski definition) is 3. The van der Waals surface area contributed by atoms with Gasteiger partial charge in [-0.05, 0) is 101 Å². The van der Waals surface area contributed by atoms with E-state index in [1.54, 1.807) is 24.3 Å². The van der Waals surface area contributed by atoms with Crippen molar-refractivity contribution in [3.8, 4) is 0 Å². The van der Waals surface area contributed by atoms with E-state index in [4.69, 9.17) is 12.2 Å². The van der Waals surface area contributed by atoms with Gasteiger partial charge in [0.15, 0.2) is 5.11 Å². The van der Waals surface area contributed by atoms with Crippen molar-refractivity contribution in [3.63, 3.8) is 0 Å². The molecule has 162 valence electrons. The lowest BCUT2D eigenvalue weighted by molar-refractivity contribution is 0.601. The molecule has 0 aliphatic carbocycles. The van der Waals surface area contributed by atoms with Gasteiger partial charge in [-0.1, -0.05) is 38.1 Å². The summed E-state index contributed by atoms with van der Waals surface area (Å²) in [6.07, 6.45) is 0. The maximum atomic E-state index is 13.1. The topological polar surface area (TPSA) is 70.2 Å². The zero-order chi connectivity index (χ0) is 22.6. The summed E-state index contributed by atoms with van der Waals surface area (Å²) in [5, 5.41) is 6.57. The number of benzene rings is 3. The molecule has 31 heavy (non-hydrogen) atoms. The van der Waals surface area contributed by atoms with E-state index in [1.165, 1.54) is 0 Å². The molecule has 0 saturated carbocycles. The largest absolute Gasteiger partial charge is 0.332 e. The molecule has 0 unspecified atom stereocenters. The summed E-state index contributed by atoms with van der Waals surface area (Å²) in [6, 6.07) is 20.3. The average Bonchev–Trinajstić information content (AvgIpc) is 2.71. The van der Waals surface area contributed by atoms with Crippen LogP contribution in [-0.4, -0.2) is 13.5 Å². The minimum atomic E-state index is -3.82. The third-order valence-corrected chi connectivity index (χ3v) is 6.95. The lowest BCUT2D eigenvalue weighted by Gasteiger charge is -2.18. The second kappa shape index (κ2) is 9.97. The van der Waals surface area contributed by atoms with Crippen LogP contribution in [0.1, 0.15) is 30.9 Å². The second-order valence-corrected chi connectivity index (χ2v) is 10.7. The van der Waals surface area contributed by atoms with Crippen LogP contribution in [0.3, 0.4) is 0 Å². The number of thiocarbonyl (C=S) groups is 1. The van der Waals surface area contributed by atoms with E-state index in [0.29, 0.717) is 22.4 Å². The van der Waals surface area contributed by atoms with Crippen molar-refractivity contribution in [2.75, 3.05) is 15.4 Å². The Bertz CT molecular complexity index is 1190. The normalized spacial score (nSPS) is 11.3. The highest BCUT2D eigenvalue weighted by Gasteiger charge is 2.20. The molecule has 0 aromatic heterocycles. The first-order valence-corrected chi connectivity index (χ1v) is 12.7. The molecule has 0 fully saturated rings. The molecule has 0 spiro atoms. The number of sulfonamides is 1. The molecule has 3 N–H and O–H groups in total. The van der Waals surface area contributed by atoms with Crippen LogP contribution in [0, 0.1) is 10.5 Å². The maximum absolute atomic E-state index is 13.1. The molecule has 5 nitrogen and oxygen atoms in total. The summed E-state index contributed by atoms with van der Waals surface area (Å²) in [5.41, 5.74) is 3.76. The van der Waals surface area contributed by atoms with Gasteiger partial charge in [-0.15, -0.1) is 0 Å². The number of aryl methyl sites for hydroxylation is 1. The highest BCUT2D eigenvalue weighted by atomic mass is 127. The first-order valence-electron chi connectivity index (χ1n) is 9.71. The highest BCUT2D eigenvalue weighted by Crippen LogP contribution is 2.27. The van der Waals surface area contributed by atoms with Crippen LogP contribution in [0.15, 0.2) is 71.6 Å². The summed E-state index contributed by atoms with van der Waals surface area (Å²) in [6.45, 7) is 6.07. The van der Waals surface area contributed by atoms with Gasteiger partial charge in [-0.2, -0.15) is 0 Å². The predicted molar refractivity (Wildman–Crippen MR) is 142 cm³/mol. The molecule has 0 bridgehead atoms. The van der Waals surface area contributed by atoms with Crippen LogP contribution in [0.25, 0.3) is 0 Å². The second-order valence-electron chi connectivity index (χ2n) is 7.43. The summed E-state index contributed by atoms with van der Waals surface area (Å²) in [5.74, 6) is 0.319. The fraction of sp³-hybridized carbons (Fsp3) is 0.174. The van der Waals surface area contributed by atoms with Gasteiger partial charge in [0, 0.05) is 14.9 Å². The SMILES string of the molecule is Cc1ccc(NC(=S)Nc2ccccc2C(C)C)c(S(=O)(=O)Nc2ccc(I)cc2)c1. The molecule has 3 aromatic rings. The fourth-order valence-electron chi connectivity index (χ4n) is 3.07. The van der Waals surface area contributed by atoms with Crippen LogP contribution in [0.5, 0.6) is 0 Å². The van der Waals surface area contributed by atoms with Crippen LogP contribution in [-0.2, 0) is 10.0 Å². The number of rotatable bonds is 6. The van der Waals surface area contributed by atoms with E-state index < -0.39 is 10.0 Å². The van der Waals surface area contributed by atoms with Gasteiger partial charge in [0.25, 0.3) is 10.0 Å². The third-order valence-electron chi connectivity index (χ3n) is 4.60. The average molecular weight is 566 g/mol. The minimum Gasteiger partial charge on any atom is -0.332 e. The molecule has 0 aliphatic heterocycles. The van der Waals surface area contributed by atoms with Crippen molar-refractivity contribution in [1.29, 1.82) is 0 Å². The number of halogens is 1. The van der Waals surface area contributed by atoms with Crippen LogP contribution in [0.4, 0.5) is 17.1 Å². The van der Waals surface area contributed by atoms with Gasteiger partial charge in [0.2, 0.25) is 0 Å². The van der Waals surface area contributed by atoms with E-state index in [0.717, 1.165) is 20.4 Å². The zero-order valence-electron chi connectivity index (χ0n) is 17.4. The van der Waals surface area contributed by atoms with Crippen LogP contribution in [0.2, 0.25) is 0 Å². The lowest BCUT2D eigenvalue weighted by atomic mass is 10.0. The van der Waals surface area contributed by atoms with Crippen LogP contribution < -0.4 is 15.4 Å². The molecule has 0 aliphatic rings. The molecule has 0 heterocycles. The van der Waals surface area contributed by atoms with E-state index in [2.05, 4.69) is 51.8 Å². The quantitative estimate of drug-likeness (QED) is 0.241. The molecule has 0 atom stereocenters. The minimum absolute atomic E-state index is 0.132. The lowest BCUT2D eigenvalue weighted by Crippen LogP contribution is -2.23. The smallest absolute Gasteiger partial charge is 0.263 e. The Morgan fingerprint density at radius 3 is 2.26 bits per heavy atom. The Kier molecular flexibility index (Phi) is 7.55. The Labute approximate surface area is 202 Å². The first kappa shape index (κ1) is 23.5. The Morgan fingerprint density at radius 1 is 0.935 bits per heavy atom.